The van der Waals surface area contributed by atoms with Crippen LogP contribution < -0.4 is 10.6 Å². The average Bonchev–Trinajstić information content (AvgIpc) is 3.66. The van der Waals surface area contributed by atoms with Crippen LogP contribution in [0.4, 0.5) is 11.4 Å². The van der Waals surface area contributed by atoms with Gasteiger partial charge in [0.25, 0.3) is 0 Å². The van der Waals surface area contributed by atoms with Crippen LogP contribution in [0.25, 0.3) is 27.7 Å². The molecule has 3 atom stereocenters. The summed E-state index contributed by atoms with van der Waals surface area (Å²) in [6, 6.07) is 36.7. The van der Waals surface area contributed by atoms with Crippen molar-refractivity contribution in [2.45, 2.75) is 78.2 Å². The monoisotopic (exact) mass is 707 g/mol. The summed E-state index contributed by atoms with van der Waals surface area (Å²) in [5, 5.41) is 1.40. The van der Waals surface area contributed by atoms with E-state index in [0.29, 0.717) is 12.5 Å². The van der Waals surface area contributed by atoms with Gasteiger partial charge in [-0.2, -0.15) is 0 Å². The lowest BCUT2D eigenvalue weighted by Gasteiger charge is -2.36. The molecule has 0 bridgehead atoms. The van der Waals surface area contributed by atoms with E-state index in [1.165, 1.54) is 85.5 Å². The average molecular weight is 708 g/mol. The summed E-state index contributed by atoms with van der Waals surface area (Å²) in [7, 11) is 0. The smallest absolute Gasteiger partial charge is 0.0563 e. The van der Waals surface area contributed by atoms with E-state index >= 15 is 0 Å². The van der Waals surface area contributed by atoms with Crippen LogP contribution in [-0.4, -0.2) is 17.2 Å². The Labute approximate surface area is 321 Å². The highest BCUT2D eigenvalue weighted by Gasteiger charge is 2.43. The van der Waals surface area contributed by atoms with E-state index in [9.17, 15) is 0 Å². The van der Waals surface area contributed by atoms with E-state index < -0.39 is 0 Å². The molecule has 4 aromatic carbocycles. The number of rotatable bonds is 8. The van der Waals surface area contributed by atoms with Crippen LogP contribution in [0.3, 0.4) is 0 Å². The number of benzene rings is 4. The maximum atomic E-state index is 6.20. The molecule has 54 heavy (non-hydrogen) atoms. The first-order chi connectivity index (χ1) is 26.4. The molecule has 5 aromatic rings. The highest BCUT2D eigenvalue weighted by molar-refractivity contribution is 5.91. The van der Waals surface area contributed by atoms with Gasteiger partial charge in [-0.05, 0) is 144 Å². The zero-order valence-electron chi connectivity index (χ0n) is 32.4. The highest BCUT2D eigenvalue weighted by atomic mass is 15.2. The quantitative estimate of drug-likeness (QED) is 0.163. The molecule has 0 fully saturated rings. The molecule has 0 saturated heterocycles. The minimum atomic E-state index is -0.0114. The first-order valence-electron chi connectivity index (χ1n) is 20.3. The molecule has 3 nitrogen and oxygen atoms in total. The molecule has 2 N–H and O–H groups in total. The number of para-hydroxylation sites is 1. The fourth-order valence-corrected chi connectivity index (χ4v) is 10.0. The Bertz CT molecular complexity index is 2360. The van der Waals surface area contributed by atoms with Gasteiger partial charge in [-0.3, -0.25) is 0 Å². The number of nitrogens with two attached hydrogens (primary N) is 1. The maximum Gasteiger partial charge on any atom is 0.0563 e. The minimum Gasteiger partial charge on any atom is -0.334 e. The van der Waals surface area contributed by atoms with Crippen molar-refractivity contribution in [3.8, 4) is 16.8 Å². The second kappa shape index (κ2) is 13.9. The number of nitrogens with zero attached hydrogens (tertiary/aromatic N) is 2. The molecule has 0 saturated carbocycles. The van der Waals surface area contributed by atoms with E-state index in [-0.39, 0.29) is 17.4 Å². The van der Waals surface area contributed by atoms with Gasteiger partial charge in [0.1, 0.15) is 0 Å². The molecule has 272 valence electrons. The Morgan fingerprint density at radius 1 is 0.870 bits per heavy atom. The molecular formula is C51H53N3. The predicted octanol–water partition coefficient (Wildman–Crippen LogP) is 12.5. The Morgan fingerprint density at radius 2 is 1.59 bits per heavy atom. The van der Waals surface area contributed by atoms with Crippen LogP contribution >= 0.6 is 0 Å². The van der Waals surface area contributed by atoms with Crippen molar-refractivity contribution in [3.63, 3.8) is 0 Å². The van der Waals surface area contributed by atoms with Gasteiger partial charge < -0.3 is 15.2 Å². The standard InChI is InChI=1S/C51H53N3/c1-5-12-38(33-52)36-21-26-41(27-22-36)53(42-28-29-44-47(32-42)51(3,4)46-17-11-13-34(2)50(44)46)40-24-19-35(20-25-40)37-23-30-49-45(31-37)43-16-9-10-18-48(43)54(49)39-14-7-6-8-15-39/h5-8,11-12,14-15,17,19-27,29-32,34,38,42H,9-10,13,16,18,28,33,52H2,1-4H3/b12-5-. The van der Waals surface area contributed by atoms with Crippen molar-refractivity contribution in [1.82, 2.24) is 4.57 Å². The van der Waals surface area contributed by atoms with E-state index in [4.69, 9.17) is 5.73 Å². The summed E-state index contributed by atoms with van der Waals surface area (Å²) in [5.41, 5.74) is 24.1. The molecule has 0 spiro atoms. The number of anilines is 2. The molecular weight excluding hydrogens is 655 g/mol. The number of aromatic nitrogens is 1. The van der Waals surface area contributed by atoms with Gasteiger partial charge in [-0.15, -0.1) is 0 Å². The fraction of sp³-hybridized carbons (Fsp3) is 0.294. The van der Waals surface area contributed by atoms with Crippen molar-refractivity contribution in [1.29, 1.82) is 0 Å². The van der Waals surface area contributed by atoms with Crippen LogP contribution in [-0.2, 0) is 12.8 Å². The Morgan fingerprint density at radius 3 is 2.33 bits per heavy atom. The summed E-state index contributed by atoms with van der Waals surface area (Å²) in [6.45, 7) is 9.91. The van der Waals surface area contributed by atoms with Crippen LogP contribution in [0.15, 0.2) is 156 Å². The minimum absolute atomic E-state index is 0.0114. The summed E-state index contributed by atoms with van der Waals surface area (Å²) >= 11 is 0. The predicted molar refractivity (Wildman–Crippen MR) is 229 cm³/mol. The van der Waals surface area contributed by atoms with Crippen LogP contribution in [0.2, 0.25) is 0 Å². The molecule has 4 aliphatic carbocycles. The largest absolute Gasteiger partial charge is 0.334 e. The van der Waals surface area contributed by atoms with Gasteiger partial charge in [0.05, 0.1) is 11.6 Å². The summed E-state index contributed by atoms with van der Waals surface area (Å²) in [5.74, 6) is 0.779. The lowest BCUT2D eigenvalue weighted by atomic mass is 9.77. The Hall–Kier alpha value is -5.12. The lowest BCUT2D eigenvalue weighted by Crippen LogP contribution is -2.32. The summed E-state index contributed by atoms with van der Waals surface area (Å²) in [6.07, 6.45) is 21.1. The van der Waals surface area contributed by atoms with E-state index in [1.54, 1.807) is 5.57 Å². The molecule has 9 rings (SSSR count). The van der Waals surface area contributed by atoms with Gasteiger partial charge in [-0.25, -0.2) is 0 Å². The molecule has 1 aromatic heterocycles. The van der Waals surface area contributed by atoms with Gasteiger partial charge >= 0.3 is 0 Å². The SMILES string of the molecule is C/C=C\C(CN)c1ccc(N(c2ccc(-c3ccc4c(c3)c3c(n4-c4ccccc4)CCCC3)cc2)C2C=C3C(=CC2)C2=C(C=CCC2C)C3(C)C)cc1. The number of hydrogen-bond donors (Lipinski definition) is 1. The maximum absolute atomic E-state index is 6.20. The zero-order chi connectivity index (χ0) is 37.0. The second-order valence-electron chi connectivity index (χ2n) is 16.4. The van der Waals surface area contributed by atoms with Crippen molar-refractivity contribution in [2.75, 3.05) is 11.4 Å². The number of fused-ring (bicyclic) bond motifs is 5. The molecule has 0 radical (unpaired) electrons. The lowest BCUT2D eigenvalue weighted by molar-refractivity contribution is 0.560. The Kier molecular flexibility index (Phi) is 8.94. The molecule has 0 aliphatic heterocycles. The van der Waals surface area contributed by atoms with Crippen LogP contribution in [0.1, 0.15) is 76.1 Å². The number of hydrogen-bond acceptors (Lipinski definition) is 2. The van der Waals surface area contributed by atoms with E-state index in [0.717, 1.165) is 25.7 Å². The second-order valence-corrected chi connectivity index (χ2v) is 16.4. The summed E-state index contributed by atoms with van der Waals surface area (Å²) < 4.78 is 2.52. The fourth-order valence-electron chi connectivity index (χ4n) is 10.0. The number of aryl methyl sites for hydroxylation is 1. The topological polar surface area (TPSA) is 34.2 Å². The first kappa shape index (κ1) is 34.6. The molecule has 3 heteroatoms. The van der Waals surface area contributed by atoms with Crippen molar-refractivity contribution in [2.24, 2.45) is 17.1 Å². The van der Waals surface area contributed by atoms with Gasteiger partial charge in [0.15, 0.2) is 0 Å². The first-order valence-corrected chi connectivity index (χ1v) is 20.3. The van der Waals surface area contributed by atoms with Crippen molar-refractivity contribution >= 4 is 22.3 Å². The van der Waals surface area contributed by atoms with E-state index in [2.05, 4.69) is 171 Å². The molecule has 1 heterocycles. The van der Waals surface area contributed by atoms with Gasteiger partial charge in [0.2, 0.25) is 0 Å². The number of allylic oxidation sites excluding steroid dienone is 7. The third kappa shape index (κ3) is 5.76. The van der Waals surface area contributed by atoms with Crippen LogP contribution in [0, 0.1) is 11.3 Å². The molecule has 3 unspecified atom stereocenters. The van der Waals surface area contributed by atoms with Crippen molar-refractivity contribution < 1.29 is 0 Å². The third-order valence-electron chi connectivity index (χ3n) is 12.8. The highest BCUT2D eigenvalue weighted by Crippen LogP contribution is 2.56. The van der Waals surface area contributed by atoms with Crippen molar-refractivity contribution in [3.05, 3.63) is 173 Å². The normalized spacial score (nSPS) is 20.8. The van der Waals surface area contributed by atoms with Gasteiger partial charge in [-0.1, -0.05) is 106 Å². The zero-order valence-corrected chi connectivity index (χ0v) is 32.4. The molecule has 0 amide bonds. The van der Waals surface area contributed by atoms with Crippen LogP contribution in [0.5, 0.6) is 0 Å². The van der Waals surface area contributed by atoms with Gasteiger partial charge in [0, 0.05) is 46.0 Å². The summed E-state index contributed by atoms with van der Waals surface area (Å²) in [4.78, 5) is 2.56. The van der Waals surface area contributed by atoms with E-state index in [1.807, 2.05) is 0 Å². The molecule has 4 aliphatic rings. The third-order valence-corrected chi connectivity index (χ3v) is 12.8. The Balaban J connectivity index is 1.10.